The van der Waals surface area contributed by atoms with Gasteiger partial charge in [0, 0.05) is 38.2 Å². The van der Waals surface area contributed by atoms with Gasteiger partial charge in [0.1, 0.15) is 5.75 Å². The van der Waals surface area contributed by atoms with Crippen LogP contribution in [0, 0.1) is 0 Å². The number of methoxy groups -OCH3 is 1. The van der Waals surface area contributed by atoms with Crippen molar-refractivity contribution in [2.75, 3.05) is 40.0 Å². The number of hydrogen-bond acceptors (Lipinski definition) is 7. The molecule has 0 saturated carbocycles. The van der Waals surface area contributed by atoms with E-state index in [0.717, 1.165) is 16.7 Å². The van der Waals surface area contributed by atoms with Crippen LogP contribution in [0.2, 0.25) is 5.02 Å². The molecule has 1 aliphatic rings. The second-order valence-electron chi connectivity index (χ2n) is 9.55. The maximum Gasteiger partial charge on any atom is 0.265 e. The lowest BCUT2D eigenvalue weighted by molar-refractivity contribution is -0.133. The van der Waals surface area contributed by atoms with Crippen LogP contribution in [0.3, 0.4) is 0 Å². The summed E-state index contributed by atoms with van der Waals surface area (Å²) < 4.78 is 36.5. The molecular formula is C29H33ClN2O6S. The number of hydrogen-bond donors (Lipinski definition) is 2. The Hall–Kier alpha value is -2.95. The monoisotopic (exact) mass is 572 g/mol. The minimum Gasteiger partial charge on any atom is -0.493 e. The number of benzene rings is 3. The first kappa shape index (κ1) is 29.0. The predicted octanol–water partition coefficient (Wildman–Crippen LogP) is 4.39. The van der Waals surface area contributed by atoms with Crippen LogP contribution in [0.1, 0.15) is 18.4 Å². The molecule has 1 aliphatic heterocycles. The minimum absolute atomic E-state index is 0.0134. The summed E-state index contributed by atoms with van der Waals surface area (Å²) in [6.07, 6.45) is 0.804. The van der Waals surface area contributed by atoms with Crippen LogP contribution in [-0.4, -0.2) is 69.1 Å². The van der Waals surface area contributed by atoms with E-state index >= 15 is 0 Å². The van der Waals surface area contributed by atoms with Gasteiger partial charge in [-0.15, -0.1) is 0 Å². The molecule has 0 unspecified atom stereocenters. The molecule has 0 atom stereocenters. The molecule has 1 fully saturated rings. The molecular weight excluding hydrogens is 540 g/mol. The van der Waals surface area contributed by atoms with Crippen LogP contribution in [0.4, 0.5) is 0 Å². The van der Waals surface area contributed by atoms with Crippen LogP contribution in [0.15, 0.2) is 77.7 Å². The van der Waals surface area contributed by atoms with Gasteiger partial charge in [-0.05, 0) is 65.9 Å². The first-order chi connectivity index (χ1) is 18.8. The largest absolute Gasteiger partial charge is 0.493 e. The topological polar surface area (TPSA) is 105 Å². The van der Waals surface area contributed by atoms with Gasteiger partial charge in [-0.2, -0.15) is 0 Å². The van der Waals surface area contributed by atoms with Gasteiger partial charge in [-0.25, -0.2) is 13.9 Å². The smallest absolute Gasteiger partial charge is 0.265 e. The Bertz CT molecular complexity index is 1360. The van der Waals surface area contributed by atoms with Gasteiger partial charge in [0.25, 0.3) is 5.91 Å². The van der Waals surface area contributed by atoms with Gasteiger partial charge in [0.05, 0.1) is 18.1 Å². The van der Waals surface area contributed by atoms with E-state index in [1.807, 2.05) is 47.4 Å². The molecule has 0 aliphatic carbocycles. The van der Waals surface area contributed by atoms with Gasteiger partial charge in [0.15, 0.2) is 14.6 Å². The van der Waals surface area contributed by atoms with Crippen LogP contribution in [0.5, 0.6) is 5.75 Å². The highest BCUT2D eigenvalue weighted by Crippen LogP contribution is 2.36. The van der Waals surface area contributed by atoms with Gasteiger partial charge in [-0.1, -0.05) is 48.0 Å². The van der Waals surface area contributed by atoms with E-state index in [0.29, 0.717) is 50.0 Å². The lowest BCUT2D eigenvalue weighted by atomic mass is 9.95. The number of sulfone groups is 1. The molecule has 1 heterocycles. The Morgan fingerprint density at radius 3 is 2.33 bits per heavy atom. The van der Waals surface area contributed by atoms with Crippen molar-refractivity contribution in [2.45, 2.75) is 28.9 Å². The van der Waals surface area contributed by atoms with E-state index in [9.17, 15) is 18.4 Å². The molecule has 0 radical (unpaired) electrons. The standard InChI is InChI=1S/C29H33ClN2O6S/c1-37-20-18-32-16-14-29(15-17-32,28(33)31-34)39(35,36)27-11-9-26(10-12-27)38-19-13-22-3-2-4-24(21-22)23-5-7-25(30)8-6-23/h2-12,21,34H,13-20H2,1H3,(H,31,33). The number of rotatable bonds is 11. The van der Waals surface area contributed by atoms with Crippen molar-refractivity contribution in [1.29, 1.82) is 0 Å². The van der Waals surface area contributed by atoms with Crippen molar-refractivity contribution in [3.63, 3.8) is 0 Å². The van der Waals surface area contributed by atoms with Crippen molar-refractivity contribution in [1.82, 2.24) is 10.4 Å². The summed E-state index contributed by atoms with van der Waals surface area (Å²) in [4.78, 5) is 14.7. The summed E-state index contributed by atoms with van der Waals surface area (Å²) in [7, 11) is -2.48. The molecule has 4 rings (SSSR count). The zero-order valence-corrected chi connectivity index (χ0v) is 23.4. The summed E-state index contributed by atoms with van der Waals surface area (Å²) >= 11 is 6.00. The fourth-order valence-corrected chi connectivity index (χ4v) is 6.94. The Morgan fingerprint density at radius 2 is 1.69 bits per heavy atom. The van der Waals surface area contributed by atoms with E-state index in [1.54, 1.807) is 24.7 Å². The second kappa shape index (κ2) is 12.9. The van der Waals surface area contributed by atoms with Crippen molar-refractivity contribution in [3.8, 4) is 16.9 Å². The Labute approximate surface area is 234 Å². The molecule has 8 nitrogen and oxygen atoms in total. The number of carbonyl (C=O) groups excluding carboxylic acids is 1. The molecule has 0 aromatic heterocycles. The number of nitrogens with zero attached hydrogens (tertiary/aromatic N) is 1. The molecule has 0 bridgehead atoms. The molecule has 1 amide bonds. The minimum atomic E-state index is -4.09. The molecule has 208 valence electrons. The third-order valence-electron chi connectivity index (χ3n) is 7.20. The second-order valence-corrected chi connectivity index (χ2v) is 12.2. The van der Waals surface area contributed by atoms with Gasteiger partial charge in [-0.3, -0.25) is 10.0 Å². The number of piperidine rings is 1. The summed E-state index contributed by atoms with van der Waals surface area (Å²) in [5, 5.41) is 10.1. The van der Waals surface area contributed by atoms with Crippen molar-refractivity contribution in [3.05, 3.63) is 83.4 Å². The summed E-state index contributed by atoms with van der Waals surface area (Å²) in [5.74, 6) is -0.382. The Balaban J connectivity index is 1.40. The summed E-state index contributed by atoms with van der Waals surface area (Å²) in [6.45, 7) is 2.36. The molecule has 3 aromatic rings. The third kappa shape index (κ3) is 6.62. The zero-order chi connectivity index (χ0) is 27.9. The number of likely N-dealkylation sites (tertiary alicyclic amines) is 1. The number of nitrogens with one attached hydrogen (secondary N) is 1. The van der Waals surface area contributed by atoms with Crippen LogP contribution in [-0.2, 0) is 25.8 Å². The average Bonchev–Trinajstić information content (AvgIpc) is 2.96. The Kier molecular flexibility index (Phi) is 9.63. The summed E-state index contributed by atoms with van der Waals surface area (Å²) in [5.41, 5.74) is 4.86. The highest BCUT2D eigenvalue weighted by Gasteiger charge is 2.52. The number of amides is 1. The quantitative estimate of drug-likeness (QED) is 0.259. The molecule has 1 saturated heterocycles. The van der Waals surface area contributed by atoms with Crippen molar-refractivity contribution >= 4 is 27.3 Å². The van der Waals surface area contributed by atoms with Crippen LogP contribution in [0.25, 0.3) is 11.1 Å². The normalized spacial score (nSPS) is 15.6. The molecule has 3 aromatic carbocycles. The maximum atomic E-state index is 13.6. The third-order valence-corrected chi connectivity index (χ3v) is 9.97. The van der Waals surface area contributed by atoms with Gasteiger partial charge < -0.3 is 14.4 Å². The lowest BCUT2D eigenvalue weighted by Crippen LogP contribution is -2.57. The Morgan fingerprint density at radius 1 is 1.00 bits per heavy atom. The molecule has 10 heteroatoms. The SMILES string of the molecule is COCCN1CCC(C(=O)NO)(S(=O)(=O)c2ccc(OCCc3cccc(-c4ccc(Cl)cc4)c3)cc2)CC1. The number of halogens is 1. The van der Waals surface area contributed by atoms with Crippen molar-refractivity contribution in [2.24, 2.45) is 0 Å². The van der Waals surface area contributed by atoms with E-state index in [1.165, 1.54) is 12.1 Å². The van der Waals surface area contributed by atoms with E-state index in [-0.39, 0.29) is 17.7 Å². The number of ether oxygens (including phenoxy) is 2. The maximum absolute atomic E-state index is 13.6. The first-order valence-corrected chi connectivity index (χ1v) is 14.6. The highest BCUT2D eigenvalue weighted by atomic mass is 35.5. The highest BCUT2D eigenvalue weighted by molar-refractivity contribution is 7.93. The fourth-order valence-electron chi connectivity index (χ4n) is 4.85. The van der Waals surface area contributed by atoms with E-state index in [2.05, 4.69) is 6.07 Å². The van der Waals surface area contributed by atoms with Crippen molar-refractivity contribution < 1.29 is 27.9 Å². The average molecular weight is 573 g/mol. The van der Waals surface area contributed by atoms with Gasteiger partial charge >= 0.3 is 0 Å². The number of carbonyl (C=O) groups is 1. The van der Waals surface area contributed by atoms with E-state index < -0.39 is 20.5 Å². The molecule has 0 spiro atoms. The fraction of sp³-hybridized carbons (Fsp3) is 0.345. The lowest BCUT2D eigenvalue weighted by Gasteiger charge is -2.39. The number of hydroxylamine groups is 1. The molecule has 2 N–H and O–H groups in total. The van der Waals surface area contributed by atoms with Gasteiger partial charge in [0.2, 0.25) is 0 Å². The zero-order valence-electron chi connectivity index (χ0n) is 21.8. The molecule has 39 heavy (non-hydrogen) atoms. The summed E-state index contributed by atoms with van der Waals surface area (Å²) in [6, 6.07) is 22.0. The predicted molar refractivity (Wildman–Crippen MR) is 150 cm³/mol. The van der Waals surface area contributed by atoms with Crippen LogP contribution >= 0.6 is 11.6 Å². The van der Waals surface area contributed by atoms with Crippen LogP contribution < -0.4 is 10.2 Å². The first-order valence-electron chi connectivity index (χ1n) is 12.8. The van der Waals surface area contributed by atoms with E-state index in [4.69, 9.17) is 21.1 Å².